The first-order chi connectivity index (χ1) is 12.9. The van der Waals surface area contributed by atoms with Crippen LogP contribution in [0.15, 0.2) is 58.2 Å². The van der Waals surface area contributed by atoms with E-state index in [-0.39, 0.29) is 23.5 Å². The minimum Gasteiger partial charge on any atom is -0.338 e. The summed E-state index contributed by atoms with van der Waals surface area (Å²) in [6, 6.07) is 13.8. The van der Waals surface area contributed by atoms with Crippen LogP contribution in [-0.4, -0.2) is 38.8 Å². The summed E-state index contributed by atoms with van der Waals surface area (Å²) >= 11 is 4.68. The number of benzene rings is 2. The summed E-state index contributed by atoms with van der Waals surface area (Å²) in [7, 11) is 1.74. The van der Waals surface area contributed by atoms with E-state index in [2.05, 4.69) is 31.1 Å². The summed E-state index contributed by atoms with van der Waals surface area (Å²) in [4.78, 5) is 18.5. The van der Waals surface area contributed by atoms with Gasteiger partial charge in [-0.25, -0.2) is 9.37 Å². The zero-order valence-corrected chi connectivity index (χ0v) is 17.2. The van der Waals surface area contributed by atoms with Crippen LogP contribution in [0.2, 0.25) is 0 Å². The number of nitrogens with one attached hydrogen (secondary N) is 1. The molecule has 1 atom stereocenters. The second-order valence-corrected chi connectivity index (χ2v) is 7.85. The molecule has 0 aliphatic rings. The van der Waals surface area contributed by atoms with E-state index in [1.165, 1.54) is 23.9 Å². The number of nitrogens with zero attached hydrogens (tertiary/aromatic N) is 3. The number of rotatable bonds is 6. The number of carbonyl (C=O) groups excluding carboxylic acids is 1. The van der Waals surface area contributed by atoms with Gasteiger partial charge in [0.25, 0.3) is 0 Å². The highest BCUT2D eigenvalue weighted by molar-refractivity contribution is 9.10. The molecule has 0 unspecified atom stereocenters. The maximum absolute atomic E-state index is 13.1. The number of hydrogen-bond acceptors (Lipinski definition) is 4. The Morgan fingerprint density at radius 1 is 1.22 bits per heavy atom. The monoisotopic (exact) mass is 448 g/mol. The van der Waals surface area contributed by atoms with Gasteiger partial charge < -0.3 is 4.90 Å². The van der Waals surface area contributed by atoms with Gasteiger partial charge in [0.2, 0.25) is 11.1 Å². The Morgan fingerprint density at radius 3 is 2.56 bits per heavy atom. The van der Waals surface area contributed by atoms with Crippen molar-refractivity contribution in [1.29, 1.82) is 0 Å². The van der Waals surface area contributed by atoms with E-state index in [0.717, 1.165) is 15.6 Å². The average molecular weight is 449 g/mol. The fourth-order valence-electron chi connectivity index (χ4n) is 2.46. The largest absolute Gasteiger partial charge is 0.338 e. The summed E-state index contributed by atoms with van der Waals surface area (Å²) in [5, 5.41) is 7.57. The lowest BCUT2D eigenvalue weighted by Crippen LogP contribution is -2.31. The first-order valence-electron chi connectivity index (χ1n) is 8.26. The molecule has 0 saturated carbocycles. The summed E-state index contributed by atoms with van der Waals surface area (Å²) in [6.45, 7) is 1.91. The zero-order valence-electron chi connectivity index (χ0n) is 14.8. The Kier molecular flexibility index (Phi) is 6.28. The van der Waals surface area contributed by atoms with Crippen LogP contribution in [0.4, 0.5) is 4.39 Å². The van der Waals surface area contributed by atoms with E-state index in [0.29, 0.717) is 11.0 Å². The molecule has 3 aromatic rings. The van der Waals surface area contributed by atoms with Crippen molar-refractivity contribution in [2.24, 2.45) is 0 Å². The molecule has 2 aromatic carbocycles. The molecule has 0 spiro atoms. The topological polar surface area (TPSA) is 61.9 Å². The van der Waals surface area contributed by atoms with Gasteiger partial charge in [-0.3, -0.25) is 9.89 Å². The summed E-state index contributed by atoms with van der Waals surface area (Å²) in [5.74, 6) is 0.540. The Balaban J connectivity index is 1.58. The van der Waals surface area contributed by atoms with Gasteiger partial charge in [-0.2, -0.15) is 0 Å². The molecule has 5 nitrogen and oxygen atoms in total. The summed E-state index contributed by atoms with van der Waals surface area (Å²) in [6.07, 6.45) is 0. The molecule has 140 valence electrons. The summed E-state index contributed by atoms with van der Waals surface area (Å²) in [5.41, 5.74) is 1.80. The van der Waals surface area contributed by atoms with Crippen LogP contribution >= 0.6 is 27.7 Å². The third-order valence-electron chi connectivity index (χ3n) is 4.23. The number of aromatic nitrogens is 3. The molecular weight excluding hydrogens is 431 g/mol. The quantitative estimate of drug-likeness (QED) is 0.555. The van der Waals surface area contributed by atoms with Crippen molar-refractivity contribution in [3.05, 3.63) is 64.4 Å². The molecule has 0 bridgehead atoms. The third-order valence-corrected chi connectivity index (χ3v) is 5.59. The second kappa shape index (κ2) is 8.67. The number of amides is 1. The first kappa shape index (κ1) is 19.6. The SMILES string of the molecule is C[C@H](c1ccc(F)cc1)N(C)C(=O)CSc1n[nH]c(-c2ccc(Br)cc2)n1. The minimum absolute atomic E-state index is 0.0492. The zero-order chi connectivity index (χ0) is 19.4. The average Bonchev–Trinajstić information content (AvgIpc) is 3.15. The van der Waals surface area contributed by atoms with E-state index in [9.17, 15) is 9.18 Å². The molecular formula is C19H18BrFN4OS. The Hall–Kier alpha value is -2.19. The van der Waals surface area contributed by atoms with Gasteiger partial charge in [0.05, 0.1) is 11.8 Å². The molecule has 27 heavy (non-hydrogen) atoms. The highest BCUT2D eigenvalue weighted by Gasteiger charge is 2.18. The smallest absolute Gasteiger partial charge is 0.233 e. The van der Waals surface area contributed by atoms with Crippen molar-refractivity contribution in [2.75, 3.05) is 12.8 Å². The molecule has 0 saturated heterocycles. The molecule has 0 aliphatic carbocycles. The van der Waals surface area contributed by atoms with Crippen molar-refractivity contribution in [3.8, 4) is 11.4 Å². The van der Waals surface area contributed by atoms with E-state index >= 15 is 0 Å². The van der Waals surface area contributed by atoms with Gasteiger partial charge in [0.15, 0.2) is 5.82 Å². The lowest BCUT2D eigenvalue weighted by Gasteiger charge is -2.25. The van der Waals surface area contributed by atoms with Crippen LogP contribution in [0.5, 0.6) is 0 Å². The van der Waals surface area contributed by atoms with Gasteiger partial charge in [0.1, 0.15) is 5.82 Å². The van der Waals surface area contributed by atoms with Crippen molar-refractivity contribution in [2.45, 2.75) is 18.1 Å². The molecule has 0 radical (unpaired) electrons. The standard InChI is InChI=1S/C19H18BrFN4OS/c1-12(13-5-9-16(21)10-6-13)25(2)17(26)11-27-19-22-18(23-24-19)14-3-7-15(20)8-4-14/h3-10,12H,11H2,1-2H3,(H,22,23,24)/t12-/m1/s1. The number of H-pyrrole nitrogens is 1. The van der Waals surface area contributed by atoms with Gasteiger partial charge in [0, 0.05) is 17.1 Å². The van der Waals surface area contributed by atoms with E-state index in [1.54, 1.807) is 24.1 Å². The lowest BCUT2D eigenvalue weighted by molar-refractivity contribution is -0.128. The van der Waals surface area contributed by atoms with E-state index in [1.807, 2.05) is 31.2 Å². The highest BCUT2D eigenvalue weighted by atomic mass is 79.9. The summed E-state index contributed by atoms with van der Waals surface area (Å²) < 4.78 is 14.0. The molecule has 0 fully saturated rings. The maximum Gasteiger partial charge on any atom is 0.233 e. The van der Waals surface area contributed by atoms with E-state index in [4.69, 9.17) is 0 Å². The van der Waals surface area contributed by atoms with Crippen LogP contribution in [0.25, 0.3) is 11.4 Å². The number of hydrogen-bond donors (Lipinski definition) is 1. The molecule has 1 amide bonds. The van der Waals surface area contributed by atoms with Crippen molar-refractivity contribution >= 4 is 33.6 Å². The Morgan fingerprint density at radius 2 is 1.89 bits per heavy atom. The molecule has 1 heterocycles. The third kappa shape index (κ3) is 4.95. The van der Waals surface area contributed by atoms with Gasteiger partial charge in [-0.1, -0.05) is 52.0 Å². The molecule has 1 aromatic heterocycles. The number of halogens is 2. The van der Waals surface area contributed by atoms with Crippen LogP contribution in [-0.2, 0) is 4.79 Å². The highest BCUT2D eigenvalue weighted by Crippen LogP contribution is 2.23. The second-order valence-electron chi connectivity index (χ2n) is 5.99. The normalized spacial score (nSPS) is 12.0. The Labute approximate surface area is 169 Å². The molecule has 0 aliphatic heterocycles. The predicted molar refractivity (Wildman–Crippen MR) is 108 cm³/mol. The fourth-order valence-corrected chi connectivity index (χ4v) is 3.44. The number of thioether (sulfide) groups is 1. The van der Waals surface area contributed by atoms with Crippen LogP contribution in [0.3, 0.4) is 0 Å². The Bertz CT molecular complexity index is 914. The van der Waals surface area contributed by atoms with Crippen molar-refractivity contribution in [3.63, 3.8) is 0 Å². The maximum atomic E-state index is 13.1. The van der Waals surface area contributed by atoms with E-state index < -0.39 is 0 Å². The first-order valence-corrected chi connectivity index (χ1v) is 10.0. The van der Waals surface area contributed by atoms with Crippen molar-refractivity contribution in [1.82, 2.24) is 20.1 Å². The minimum atomic E-state index is -0.290. The van der Waals surface area contributed by atoms with Gasteiger partial charge in [-0.05, 0) is 36.8 Å². The van der Waals surface area contributed by atoms with Crippen LogP contribution < -0.4 is 0 Å². The fraction of sp³-hybridized carbons (Fsp3) is 0.211. The van der Waals surface area contributed by atoms with Crippen LogP contribution in [0, 0.1) is 5.82 Å². The lowest BCUT2D eigenvalue weighted by atomic mass is 10.1. The van der Waals surface area contributed by atoms with Crippen molar-refractivity contribution < 1.29 is 9.18 Å². The molecule has 8 heteroatoms. The van der Waals surface area contributed by atoms with Gasteiger partial charge in [-0.15, -0.1) is 5.10 Å². The van der Waals surface area contributed by atoms with Gasteiger partial charge >= 0.3 is 0 Å². The predicted octanol–water partition coefficient (Wildman–Crippen LogP) is 4.69. The van der Waals surface area contributed by atoms with Crippen LogP contribution in [0.1, 0.15) is 18.5 Å². The molecule has 3 rings (SSSR count). The number of aromatic amines is 1. The molecule has 1 N–H and O–H groups in total. The number of carbonyl (C=O) groups is 1.